The standard InChI is InChI=1S/C11H10N2O.C6H12.C2H6.CH4/c1-8-7-10(13-11(14)12-8)9-5-3-2-4-6-9;1-2-4-6-5-3-1;1-2;/h2-6H,7H2,1H3;1-6H2;1-2H3;1H4. The van der Waals surface area contributed by atoms with Crippen LogP contribution in [-0.2, 0) is 0 Å². The fourth-order valence-corrected chi connectivity index (χ4v) is 2.48. The van der Waals surface area contributed by atoms with Crippen LogP contribution in [-0.4, -0.2) is 17.5 Å². The summed E-state index contributed by atoms with van der Waals surface area (Å²) in [6.07, 6.45) is 9.66. The molecule has 128 valence electrons. The van der Waals surface area contributed by atoms with Gasteiger partial charge in [0.25, 0.3) is 0 Å². The summed E-state index contributed by atoms with van der Waals surface area (Å²) in [6.45, 7) is 5.84. The third-order valence-corrected chi connectivity index (χ3v) is 3.55. The highest BCUT2D eigenvalue weighted by Gasteiger charge is 2.12. The molecular weight excluding hydrogens is 284 g/mol. The first-order valence-corrected chi connectivity index (χ1v) is 8.47. The summed E-state index contributed by atoms with van der Waals surface area (Å²) in [6, 6.07) is 9.31. The van der Waals surface area contributed by atoms with Gasteiger partial charge < -0.3 is 0 Å². The fraction of sp³-hybridized carbons (Fsp3) is 0.550. The Hall–Kier alpha value is -1.77. The van der Waals surface area contributed by atoms with E-state index in [2.05, 4.69) is 9.98 Å². The molecule has 0 aromatic heterocycles. The Balaban J connectivity index is 0.000000455. The van der Waals surface area contributed by atoms with Crippen LogP contribution in [0, 0.1) is 0 Å². The average Bonchev–Trinajstić information content (AvgIpc) is 2.59. The maximum absolute atomic E-state index is 11.1. The van der Waals surface area contributed by atoms with Crippen LogP contribution in [0.1, 0.15) is 78.7 Å². The average molecular weight is 316 g/mol. The van der Waals surface area contributed by atoms with E-state index in [0.717, 1.165) is 17.0 Å². The van der Waals surface area contributed by atoms with Crippen LogP contribution in [0.15, 0.2) is 40.3 Å². The first-order valence-electron chi connectivity index (χ1n) is 8.47. The highest BCUT2D eigenvalue weighted by molar-refractivity contribution is 6.19. The normalized spacial score (nSPS) is 16.4. The summed E-state index contributed by atoms with van der Waals surface area (Å²) in [5, 5.41) is 0. The van der Waals surface area contributed by atoms with E-state index in [1.165, 1.54) is 38.5 Å². The molecule has 2 aliphatic rings. The van der Waals surface area contributed by atoms with Crippen molar-refractivity contribution >= 4 is 17.5 Å². The van der Waals surface area contributed by atoms with E-state index >= 15 is 0 Å². The fourth-order valence-electron chi connectivity index (χ4n) is 2.48. The van der Waals surface area contributed by atoms with Crippen molar-refractivity contribution in [2.24, 2.45) is 9.98 Å². The summed E-state index contributed by atoms with van der Waals surface area (Å²) in [7, 11) is 0. The number of benzene rings is 1. The second-order valence-corrected chi connectivity index (χ2v) is 5.35. The van der Waals surface area contributed by atoms with Crippen molar-refractivity contribution in [3.8, 4) is 0 Å². The van der Waals surface area contributed by atoms with E-state index < -0.39 is 6.03 Å². The minimum atomic E-state index is -0.396. The summed E-state index contributed by atoms with van der Waals surface area (Å²) in [5.41, 5.74) is 2.63. The first-order chi connectivity index (χ1) is 10.8. The maximum atomic E-state index is 11.1. The number of rotatable bonds is 1. The van der Waals surface area contributed by atoms with E-state index in [9.17, 15) is 4.79 Å². The van der Waals surface area contributed by atoms with Crippen LogP contribution in [0.2, 0.25) is 0 Å². The van der Waals surface area contributed by atoms with E-state index in [1.807, 2.05) is 51.1 Å². The van der Waals surface area contributed by atoms with Gasteiger partial charge in [0.15, 0.2) is 0 Å². The van der Waals surface area contributed by atoms with Gasteiger partial charge in [-0.25, -0.2) is 9.79 Å². The second-order valence-electron chi connectivity index (χ2n) is 5.35. The largest absolute Gasteiger partial charge is 0.367 e. The van der Waals surface area contributed by atoms with Gasteiger partial charge in [0.2, 0.25) is 0 Å². The van der Waals surface area contributed by atoms with Crippen molar-refractivity contribution in [1.29, 1.82) is 0 Å². The van der Waals surface area contributed by atoms with Gasteiger partial charge in [0.1, 0.15) is 0 Å². The SMILES string of the molecule is C.C1CCCCC1.CC.CC1=NC(=O)N=C(c2ccccc2)C1. The summed E-state index contributed by atoms with van der Waals surface area (Å²) in [5.74, 6) is 0. The maximum Gasteiger partial charge on any atom is 0.367 e. The van der Waals surface area contributed by atoms with Crippen molar-refractivity contribution in [1.82, 2.24) is 0 Å². The Morgan fingerprint density at radius 3 is 1.74 bits per heavy atom. The minimum Gasteiger partial charge on any atom is -0.244 e. The Kier molecular flexibility index (Phi) is 11.8. The zero-order valence-corrected chi connectivity index (χ0v) is 14.1. The molecule has 1 heterocycles. The predicted octanol–water partition coefficient (Wildman–Crippen LogP) is 6.46. The van der Waals surface area contributed by atoms with Crippen molar-refractivity contribution in [2.45, 2.75) is 73.1 Å². The number of carbonyl (C=O) groups excluding carboxylic acids is 1. The number of amides is 2. The van der Waals surface area contributed by atoms with Gasteiger partial charge in [-0.05, 0) is 12.5 Å². The summed E-state index contributed by atoms with van der Waals surface area (Å²) < 4.78 is 0. The van der Waals surface area contributed by atoms with E-state index in [1.54, 1.807) is 0 Å². The zero-order valence-electron chi connectivity index (χ0n) is 14.1. The van der Waals surface area contributed by atoms with Gasteiger partial charge in [-0.15, -0.1) is 0 Å². The lowest BCUT2D eigenvalue weighted by molar-refractivity contribution is 0.257. The van der Waals surface area contributed by atoms with Gasteiger partial charge >= 0.3 is 6.03 Å². The summed E-state index contributed by atoms with van der Waals surface area (Å²) >= 11 is 0. The third kappa shape index (κ3) is 8.44. The quantitative estimate of drug-likeness (QED) is 0.586. The molecular formula is C20H32N2O. The second kappa shape index (κ2) is 12.7. The Morgan fingerprint density at radius 2 is 1.30 bits per heavy atom. The molecule has 1 aliphatic heterocycles. The Bertz CT molecular complexity index is 488. The number of urea groups is 1. The van der Waals surface area contributed by atoms with Crippen molar-refractivity contribution in [3.63, 3.8) is 0 Å². The van der Waals surface area contributed by atoms with E-state index in [0.29, 0.717) is 6.42 Å². The molecule has 3 rings (SSSR count). The molecule has 0 N–H and O–H groups in total. The van der Waals surface area contributed by atoms with Crippen molar-refractivity contribution < 1.29 is 4.79 Å². The minimum absolute atomic E-state index is 0. The highest BCUT2D eigenvalue weighted by atomic mass is 16.2. The molecule has 0 spiro atoms. The molecule has 1 saturated carbocycles. The molecule has 0 saturated heterocycles. The molecule has 1 fully saturated rings. The monoisotopic (exact) mass is 316 g/mol. The van der Waals surface area contributed by atoms with Crippen LogP contribution in [0.4, 0.5) is 4.79 Å². The Labute approximate surface area is 141 Å². The molecule has 3 nitrogen and oxygen atoms in total. The van der Waals surface area contributed by atoms with Gasteiger partial charge in [-0.1, -0.05) is 90.1 Å². The molecule has 3 heteroatoms. The van der Waals surface area contributed by atoms with Crippen LogP contribution in [0.5, 0.6) is 0 Å². The predicted molar refractivity (Wildman–Crippen MR) is 102 cm³/mol. The van der Waals surface area contributed by atoms with Crippen LogP contribution >= 0.6 is 0 Å². The van der Waals surface area contributed by atoms with Crippen molar-refractivity contribution in [2.75, 3.05) is 0 Å². The highest BCUT2D eigenvalue weighted by Crippen LogP contribution is 2.15. The molecule has 0 radical (unpaired) electrons. The Morgan fingerprint density at radius 1 is 0.826 bits per heavy atom. The van der Waals surface area contributed by atoms with Crippen LogP contribution in [0.25, 0.3) is 0 Å². The summed E-state index contributed by atoms with van der Waals surface area (Å²) in [4.78, 5) is 18.7. The van der Waals surface area contributed by atoms with E-state index in [4.69, 9.17) is 0 Å². The molecule has 0 bridgehead atoms. The molecule has 23 heavy (non-hydrogen) atoms. The van der Waals surface area contributed by atoms with Crippen LogP contribution < -0.4 is 0 Å². The molecule has 1 aromatic carbocycles. The van der Waals surface area contributed by atoms with Crippen molar-refractivity contribution in [3.05, 3.63) is 35.9 Å². The van der Waals surface area contributed by atoms with Gasteiger partial charge in [-0.2, -0.15) is 4.99 Å². The number of hydrogen-bond acceptors (Lipinski definition) is 1. The molecule has 0 unspecified atom stereocenters. The number of aliphatic imine (C=N–C) groups is 2. The number of carbonyl (C=O) groups is 1. The van der Waals surface area contributed by atoms with Gasteiger partial charge in [0, 0.05) is 12.1 Å². The molecule has 1 aliphatic carbocycles. The third-order valence-electron chi connectivity index (χ3n) is 3.55. The van der Waals surface area contributed by atoms with E-state index in [-0.39, 0.29) is 7.43 Å². The lowest BCUT2D eigenvalue weighted by Gasteiger charge is -2.09. The van der Waals surface area contributed by atoms with Gasteiger partial charge in [-0.3, -0.25) is 0 Å². The molecule has 0 atom stereocenters. The first kappa shape index (κ1) is 21.2. The number of hydrogen-bond donors (Lipinski definition) is 0. The topological polar surface area (TPSA) is 41.8 Å². The van der Waals surface area contributed by atoms with Gasteiger partial charge in [0.05, 0.1) is 5.71 Å². The number of nitrogens with zero attached hydrogens (tertiary/aromatic N) is 2. The molecule has 1 aromatic rings. The van der Waals surface area contributed by atoms with Crippen LogP contribution in [0.3, 0.4) is 0 Å². The smallest absolute Gasteiger partial charge is 0.244 e. The lowest BCUT2D eigenvalue weighted by Crippen LogP contribution is -2.14. The zero-order chi connectivity index (χ0) is 16.2. The lowest BCUT2D eigenvalue weighted by atomic mass is 10.0. The molecule has 2 amide bonds.